The molecular formula is C15H14N2OS. The number of nitrogens with zero attached hydrogens (tertiary/aromatic N) is 1. The van der Waals surface area contributed by atoms with Gasteiger partial charge < -0.3 is 5.73 Å². The van der Waals surface area contributed by atoms with Crippen LogP contribution in [0.5, 0.6) is 0 Å². The van der Waals surface area contributed by atoms with E-state index >= 15 is 0 Å². The minimum atomic E-state index is -0.412. The Morgan fingerprint density at radius 1 is 1.05 bits per heavy atom. The molecule has 96 valence electrons. The molecule has 0 saturated carbocycles. The highest BCUT2D eigenvalue weighted by Gasteiger charge is 2.20. The fourth-order valence-corrected chi connectivity index (χ4v) is 3.36. The molecule has 3 rings (SSSR count). The van der Waals surface area contributed by atoms with Crippen molar-refractivity contribution in [2.24, 2.45) is 5.73 Å². The molecule has 1 aliphatic rings. The van der Waals surface area contributed by atoms with Crippen LogP contribution in [0.1, 0.15) is 11.1 Å². The Kier molecular flexibility index (Phi) is 3.17. The minimum Gasteiger partial charge on any atom is -0.351 e. The number of para-hydroxylation sites is 1. The lowest BCUT2D eigenvalue weighted by Crippen LogP contribution is -2.36. The number of carbonyl (C=O) groups is 1. The van der Waals surface area contributed by atoms with E-state index in [4.69, 9.17) is 5.73 Å². The lowest BCUT2D eigenvalue weighted by Gasteiger charge is -2.26. The van der Waals surface area contributed by atoms with Crippen molar-refractivity contribution in [3.05, 3.63) is 59.7 Å². The summed E-state index contributed by atoms with van der Waals surface area (Å²) in [6.07, 6.45) is 0. The van der Waals surface area contributed by atoms with Crippen LogP contribution < -0.4 is 10.6 Å². The first kappa shape index (κ1) is 12.1. The number of carbonyl (C=O) groups excluding carboxylic acids is 1. The molecule has 1 aliphatic heterocycles. The van der Waals surface area contributed by atoms with Crippen LogP contribution in [0.3, 0.4) is 0 Å². The molecule has 0 aromatic heterocycles. The Morgan fingerprint density at radius 2 is 1.74 bits per heavy atom. The van der Waals surface area contributed by atoms with Crippen molar-refractivity contribution in [1.82, 2.24) is 0 Å². The van der Waals surface area contributed by atoms with Crippen molar-refractivity contribution in [2.75, 3.05) is 4.90 Å². The third kappa shape index (κ3) is 2.31. The van der Waals surface area contributed by atoms with Crippen LogP contribution in [0.2, 0.25) is 0 Å². The molecule has 0 unspecified atom stereocenters. The number of amides is 2. The number of urea groups is 1. The van der Waals surface area contributed by atoms with Gasteiger partial charge in [0.15, 0.2) is 0 Å². The fraction of sp³-hybridized carbons (Fsp3) is 0.133. The number of anilines is 1. The van der Waals surface area contributed by atoms with E-state index in [1.807, 2.05) is 36.4 Å². The van der Waals surface area contributed by atoms with Crippen LogP contribution in [-0.2, 0) is 12.3 Å². The van der Waals surface area contributed by atoms with E-state index in [0.29, 0.717) is 6.54 Å². The smallest absolute Gasteiger partial charge is 0.319 e. The van der Waals surface area contributed by atoms with Crippen molar-refractivity contribution < 1.29 is 4.79 Å². The molecular weight excluding hydrogens is 256 g/mol. The summed E-state index contributed by atoms with van der Waals surface area (Å²) in [7, 11) is 0. The van der Waals surface area contributed by atoms with Gasteiger partial charge in [0.25, 0.3) is 0 Å². The average molecular weight is 270 g/mol. The fourth-order valence-electron chi connectivity index (χ4n) is 2.26. The van der Waals surface area contributed by atoms with Gasteiger partial charge in [-0.3, -0.25) is 4.90 Å². The van der Waals surface area contributed by atoms with E-state index in [9.17, 15) is 4.79 Å². The molecule has 0 fully saturated rings. The number of hydrogen-bond donors (Lipinski definition) is 1. The molecule has 2 aromatic rings. The van der Waals surface area contributed by atoms with Gasteiger partial charge in [0, 0.05) is 10.6 Å². The lowest BCUT2D eigenvalue weighted by atomic mass is 10.1. The van der Waals surface area contributed by atoms with Crippen LogP contribution in [-0.4, -0.2) is 6.03 Å². The van der Waals surface area contributed by atoms with Crippen molar-refractivity contribution in [3.8, 4) is 0 Å². The van der Waals surface area contributed by atoms with Crippen LogP contribution in [0.25, 0.3) is 0 Å². The SMILES string of the molecule is NC(=O)N1Cc2ccccc2CSc2ccccc21. The van der Waals surface area contributed by atoms with Gasteiger partial charge >= 0.3 is 6.03 Å². The largest absolute Gasteiger partial charge is 0.351 e. The number of primary amides is 1. The second-order valence-electron chi connectivity index (χ2n) is 4.45. The van der Waals surface area contributed by atoms with Crippen molar-refractivity contribution >= 4 is 23.5 Å². The molecule has 4 heteroatoms. The summed E-state index contributed by atoms with van der Waals surface area (Å²) in [5.41, 5.74) is 8.85. The van der Waals surface area contributed by atoms with Gasteiger partial charge in [-0.05, 0) is 23.3 Å². The Labute approximate surface area is 116 Å². The molecule has 3 nitrogen and oxygen atoms in total. The maximum Gasteiger partial charge on any atom is 0.319 e. The zero-order valence-electron chi connectivity index (χ0n) is 10.4. The Bertz CT molecular complexity index is 627. The monoisotopic (exact) mass is 270 g/mol. The molecule has 2 aromatic carbocycles. The first-order valence-electron chi connectivity index (χ1n) is 6.11. The highest BCUT2D eigenvalue weighted by Crippen LogP contribution is 2.36. The second-order valence-corrected chi connectivity index (χ2v) is 5.47. The summed E-state index contributed by atoms with van der Waals surface area (Å²) in [5.74, 6) is 0.916. The van der Waals surface area contributed by atoms with Gasteiger partial charge in [0.1, 0.15) is 0 Å². The van der Waals surface area contributed by atoms with Gasteiger partial charge in [-0.1, -0.05) is 36.4 Å². The Hall–Kier alpha value is -1.94. The van der Waals surface area contributed by atoms with Crippen molar-refractivity contribution in [2.45, 2.75) is 17.2 Å². The van der Waals surface area contributed by atoms with E-state index in [0.717, 1.165) is 21.9 Å². The number of hydrogen-bond acceptors (Lipinski definition) is 2. The highest BCUT2D eigenvalue weighted by atomic mass is 32.2. The third-order valence-electron chi connectivity index (χ3n) is 3.25. The quantitative estimate of drug-likeness (QED) is 0.797. The van der Waals surface area contributed by atoms with E-state index in [1.165, 1.54) is 5.56 Å². The van der Waals surface area contributed by atoms with E-state index in [1.54, 1.807) is 16.7 Å². The molecule has 0 atom stereocenters. The Balaban J connectivity index is 2.09. The maximum atomic E-state index is 11.7. The van der Waals surface area contributed by atoms with Crippen LogP contribution in [0.15, 0.2) is 53.4 Å². The number of thioether (sulfide) groups is 1. The standard InChI is InChI=1S/C15H14N2OS/c16-15(18)17-9-11-5-1-2-6-12(11)10-19-14-8-4-3-7-13(14)17/h1-8H,9-10H2,(H2,16,18). The number of rotatable bonds is 0. The molecule has 2 amide bonds. The lowest BCUT2D eigenvalue weighted by molar-refractivity contribution is 0.253. The van der Waals surface area contributed by atoms with Crippen LogP contribution in [0, 0.1) is 0 Å². The molecule has 0 bridgehead atoms. The predicted octanol–water partition coefficient (Wildman–Crippen LogP) is 3.38. The van der Waals surface area contributed by atoms with Gasteiger partial charge in [-0.25, -0.2) is 4.79 Å². The van der Waals surface area contributed by atoms with Gasteiger partial charge in [-0.2, -0.15) is 0 Å². The van der Waals surface area contributed by atoms with Gasteiger partial charge in [-0.15, -0.1) is 11.8 Å². The van der Waals surface area contributed by atoms with Gasteiger partial charge in [0.05, 0.1) is 12.2 Å². The summed E-state index contributed by atoms with van der Waals surface area (Å²) < 4.78 is 0. The zero-order valence-corrected chi connectivity index (χ0v) is 11.2. The van der Waals surface area contributed by atoms with Crippen molar-refractivity contribution in [1.29, 1.82) is 0 Å². The number of benzene rings is 2. The molecule has 0 saturated heterocycles. The summed E-state index contributed by atoms with van der Waals surface area (Å²) in [5, 5.41) is 0. The molecule has 0 radical (unpaired) electrons. The van der Waals surface area contributed by atoms with Crippen molar-refractivity contribution in [3.63, 3.8) is 0 Å². The van der Waals surface area contributed by atoms with E-state index in [2.05, 4.69) is 12.1 Å². The maximum absolute atomic E-state index is 11.7. The summed E-state index contributed by atoms with van der Waals surface area (Å²) in [6.45, 7) is 0.531. The first-order valence-corrected chi connectivity index (χ1v) is 7.10. The number of nitrogens with two attached hydrogens (primary N) is 1. The first-order chi connectivity index (χ1) is 9.25. The third-order valence-corrected chi connectivity index (χ3v) is 4.36. The normalized spacial score (nSPS) is 14.0. The zero-order chi connectivity index (χ0) is 13.2. The summed E-state index contributed by atoms with van der Waals surface area (Å²) >= 11 is 1.74. The van der Waals surface area contributed by atoms with Gasteiger partial charge in [0.2, 0.25) is 0 Å². The summed E-state index contributed by atoms with van der Waals surface area (Å²) in [4.78, 5) is 14.5. The number of fused-ring (bicyclic) bond motifs is 2. The van der Waals surface area contributed by atoms with Crippen LogP contribution >= 0.6 is 11.8 Å². The molecule has 19 heavy (non-hydrogen) atoms. The predicted molar refractivity (Wildman–Crippen MR) is 78.2 cm³/mol. The summed E-state index contributed by atoms with van der Waals surface area (Å²) in [6, 6.07) is 15.7. The van der Waals surface area contributed by atoms with E-state index in [-0.39, 0.29) is 0 Å². The highest BCUT2D eigenvalue weighted by molar-refractivity contribution is 7.98. The average Bonchev–Trinajstić information content (AvgIpc) is 2.41. The van der Waals surface area contributed by atoms with E-state index < -0.39 is 6.03 Å². The molecule has 1 heterocycles. The van der Waals surface area contributed by atoms with Crippen LogP contribution in [0.4, 0.5) is 10.5 Å². The molecule has 2 N–H and O–H groups in total. The molecule has 0 spiro atoms. The minimum absolute atomic E-state index is 0.412. The molecule has 0 aliphatic carbocycles. The topological polar surface area (TPSA) is 46.3 Å². The Morgan fingerprint density at radius 3 is 2.53 bits per heavy atom. The second kappa shape index (κ2) is 4.97.